The largest absolute Gasteiger partial charge is 0.491 e. The Morgan fingerprint density at radius 1 is 1.03 bits per heavy atom. The predicted octanol–water partition coefficient (Wildman–Crippen LogP) is 4.76. The zero-order valence-corrected chi connectivity index (χ0v) is 16.7. The molecule has 0 spiro atoms. The number of carbonyl (C=O) groups excluding carboxylic acids is 1. The molecule has 30 heavy (non-hydrogen) atoms. The van der Waals surface area contributed by atoms with Gasteiger partial charge in [0.05, 0.1) is 7.11 Å². The molecule has 0 aliphatic heterocycles. The third-order valence-electron chi connectivity index (χ3n) is 4.11. The number of aromatic nitrogens is 1. The van der Waals surface area contributed by atoms with E-state index < -0.39 is 5.91 Å². The second-order valence-corrected chi connectivity index (χ2v) is 6.57. The number of hydrogen-bond donors (Lipinski definition) is 2. The van der Waals surface area contributed by atoms with E-state index in [0.717, 1.165) is 5.75 Å². The fourth-order valence-electron chi connectivity index (χ4n) is 2.83. The molecule has 0 unspecified atom stereocenters. The van der Waals surface area contributed by atoms with Crippen molar-refractivity contribution in [1.82, 2.24) is 10.3 Å². The van der Waals surface area contributed by atoms with E-state index in [2.05, 4.69) is 15.6 Å². The molecule has 2 heterocycles. The Morgan fingerprint density at radius 3 is 2.63 bits per heavy atom. The van der Waals surface area contributed by atoms with E-state index in [1.54, 1.807) is 24.4 Å². The Balaban J connectivity index is 1.45. The van der Waals surface area contributed by atoms with E-state index in [0.29, 0.717) is 22.5 Å². The van der Waals surface area contributed by atoms with Gasteiger partial charge in [0.1, 0.15) is 11.5 Å². The molecule has 0 saturated carbocycles. The molecule has 1 amide bonds. The van der Waals surface area contributed by atoms with Crippen molar-refractivity contribution in [3.8, 4) is 17.2 Å². The monoisotopic (exact) mass is 419 g/mol. The number of para-hydroxylation sites is 1. The summed E-state index contributed by atoms with van der Waals surface area (Å²) in [4.78, 5) is 16.8. The topological polar surface area (TPSA) is 85.6 Å². The smallest absolute Gasteiger partial charge is 0.297 e. The third kappa shape index (κ3) is 4.23. The van der Waals surface area contributed by atoms with Crippen LogP contribution in [-0.2, 0) is 0 Å². The number of rotatable bonds is 5. The number of thiocarbonyl (C=S) groups is 1. The summed E-state index contributed by atoms with van der Waals surface area (Å²) in [6.45, 7) is 0. The van der Waals surface area contributed by atoms with E-state index >= 15 is 0 Å². The van der Waals surface area contributed by atoms with Gasteiger partial charge in [0, 0.05) is 18.0 Å². The summed E-state index contributed by atoms with van der Waals surface area (Å²) in [5.74, 6) is 1.06. The third-order valence-corrected chi connectivity index (χ3v) is 4.32. The van der Waals surface area contributed by atoms with Crippen LogP contribution in [0.1, 0.15) is 10.6 Å². The summed E-state index contributed by atoms with van der Waals surface area (Å²) < 4.78 is 16.7. The molecule has 2 N–H and O–H groups in total. The van der Waals surface area contributed by atoms with Crippen LogP contribution in [0.3, 0.4) is 0 Å². The zero-order chi connectivity index (χ0) is 20.9. The van der Waals surface area contributed by atoms with Crippen molar-refractivity contribution >= 4 is 40.0 Å². The first-order chi connectivity index (χ1) is 14.6. The number of nitrogens with zero attached hydrogens (tertiary/aromatic N) is 1. The molecule has 8 heteroatoms. The van der Waals surface area contributed by atoms with Gasteiger partial charge in [-0.05, 0) is 48.6 Å². The SMILES string of the molecule is COc1c(C(=O)NC(=S)Nc2cccc(Oc3ccccc3)c2)oc2cccnc12. The Hall–Kier alpha value is -3.91. The first-order valence-corrected chi connectivity index (χ1v) is 9.41. The fourth-order valence-corrected chi connectivity index (χ4v) is 3.04. The fraction of sp³-hybridized carbons (Fsp3) is 0.0455. The molecule has 4 rings (SSSR count). The quantitative estimate of drug-likeness (QED) is 0.451. The molecule has 2 aromatic carbocycles. The highest BCUT2D eigenvalue weighted by atomic mass is 32.1. The molecule has 0 bridgehead atoms. The van der Waals surface area contributed by atoms with Gasteiger partial charge < -0.3 is 19.2 Å². The van der Waals surface area contributed by atoms with Gasteiger partial charge in [0.25, 0.3) is 5.91 Å². The number of benzene rings is 2. The molecular weight excluding hydrogens is 402 g/mol. The summed E-state index contributed by atoms with van der Waals surface area (Å²) in [7, 11) is 1.45. The Morgan fingerprint density at radius 2 is 1.83 bits per heavy atom. The molecule has 0 atom stereocenters. The van der Waals surface area contributed by atoms with Crippen molar-refractivity contribution in [3.05, 3.63) is 78.7 Å². The van der Waals surface area contributed by atoms with Crippen molar-refractivity contribution in [2.24, 2.45) is 0 Å². The molecule has 0 radical (unpaired) electrons. The van der Waals surface area contributed by atoms with Gasteiger partial charge in [0.15, 0.2) is 22.0 Å². The lowest BCUT2D eigenvalue weighted by Gasteiger charge is -2.11. The van der Waals surface area contributed by atoms with Gasteiger partial charge in [-0.2, -0.15) is 0 Å². The maximum Gasteiger partial charge on any atom is 0.297 e. The van der Waals surface area contributed by atoms with Gasteiger partial charge in [-0.25, -0.2) is 4.98 Å². The highest BCUT2D eigenvalue weighted by Crippen LogP contribution is 2.31. The number of carbonyl (C=O) groups is 1. The summed E-state index contributed by atoms with van der Waals surface area (Å²) >= 11 is 5.26. The molecule has 0 aliphatic carbocycles. The average Bonchev–Trinajstić information content (AvgIpc) is 3.13. The molecule has 7 nitrogen and oxygen atoms in total. The Kier molecular flexibility index (Phi) is 5.58. The number of anilines is 1. The second-order valence-electron chi connectivity index (χ2n) is 6.17. The van der Waals surface area contributed by atoms with Crippen LogP contribution in [-0.4, -0.2) is 23.1 Å². The molecule has 0 aliphatic rings. The second kappa shape index (κ2) is 8.62. The van der Waals surface area contributed by atoms with Crippen LogP contribution in [0.25, 0.3) is 11.1 Å². The minimum absolute atomic E-state index is 0.00323. The van der Waals surface area contributed by atoms with E-state index in [1.807, 2.05) is 48.5 Å². The standard InChI is InChI=1S/C22H17N3O4S/c1-27-19-18-17(11-6-12-23-18)29-20(19)21(26)25-22(30)24-14-7-5-10-16(13-14)28-15-8-3-2-4-9-15/h2-13H,1H3,(H2,24,25,26,30). The van der Waals surface area contributed by atoms with Crippen LogP contribution < -0.4 is 20.1 Å². The van der Waals surface area contributed by atoms with Crippen molar-refractivity contribution < 1.29 is 18.7 Å². The van der Waals surface area contributed by atoms with Crippen molar-refractivity contribution in [2.75, 3.05) is 12.4 Å². The molecular formula is C22H17N3O4S. The lowest BCUT2D eigenvalue weighted by Crippen LogP contribution is -2.34. The van der Waals surface area contributed by atoms with Gasteiger partial charge in [-0.15, -0.1) is 0 Å². The van der Waals surface area contributed by atoms with E-state index in [1.165, 1.54) is 7.11 Å². The highest BCUT2D eigenvalue weighted by molar-refractivity contribution is 7.80. The number of ether oxygens (including phenoxy) is 2. The molecule has 0 fully saturated rings. The highest BCUT2D eigenvalue weighted by Gasteiger charge is 2.23. The van der Waals surface area contributed by atoms with Crippen LogP contribution in [0, 0.1) is 0 Å². The van der Waals surface area contributed by atoms with E-state index in [4.69, 9.17) is 26.1 Å². The Labute approximate surface area is 177 Å². The Bertz CT molecular complexity index is 1210. The van der Waals surface area contributed by atoms with Crippen molar-refractivity contribution in [2.45, 2.75) is 0 Å². The normalized spacial score (nSPS) is 10.4. The lowest BCUT2D eigenvalue weighted by molar-refractivity contribution is 0.0948. The van der Waals surface area contributed by atoms with Crippen LogP contribution >= 0.6 is 12.2 Å². The van der Waals surface area contributed by atoms with Crippen LogP contribution in [0.5, 0.6) is 17.2 Å². The number of pyridine rings is 1. The predicted molar refractivity (Wildman–Crippen MR) is 117 cm³/mol. The molecule has 2 aromatic heterocycles. The first kappa shape index (κ1) is 19.4. The number of methoxy groups -OCH3 is 1. The van der Waals surface area contributed by atoms with Crippen molar-refractivity contribution in [1.29, 1.82) is 0 Å². The van der Waals surface area contributed by atoms with Gasteiger partial charge in [-0.3, -0.25) is 10.1 Å². The van der Waals surface area contributed by atoms with E-state index in [-0.39, 0.29) is 16.6 Å². The number of fused-ring (bicyclic) bond motifs is 1. The molecule has 150 valence electrons. The number of hydrogen-bond acceptors (Lipinski definition) is 6. The van der Waals surface area contributed by atoms with Gasteiger partial charge >= 0.3 is 0 Å². The van der Waals surface area contributed by atoms with Crippen LogP contribution in [0.4, 0.5) is 5.69 Å². The summed E-state index contributed by atoms with van der Waals surface area (Å²) in [5.41, 5.74) is 1.57. The maximum atomic E-state index is 12.6. The summed E-state index contributed by atoms with van der Waals surface area (Å²) in [6.07, 6.45) is 1.60. The molecule has 4 aromatic rings. The number of furan rings is 1. The van der Waals surface area contributed by atoms with E-state index in [9.17, 15) is 4.79 Å². The average molecular weight is 419 g/mol. The lowest BCUT2D eigenvalue weighted by atomic mass is 10.3. The summed E-state index contributed by atoms with van der Waals surface area (Å²) in [5, 5.41) is 5.65. The van der Waals surface area contributed by atoms with Crippen molar-refractivity contribution in [3.63, 3.8) is 0 Å². The minimum Gasteiger partial charge on any atom is -0.491 e. The van der Waals surface area contributed by atoms with Crippen LogP contribution in [0.2, 0.25) is 0 Å². The number of amides is 1. The zero-order valence-electron chi connectivity index (χ0n) is 15.9. The number of nitrogens with one attached hydrogen (secondary N) is 2. The van der Waals surface area contributed by atoms with Crippen LogP contribution in [0.15, 0.2) is 77.3 Å². The maximum absolute atomic E-state index is 12.6. The molecule has 0 saturated heterocycles. The summed E-state index contributed by atoms with van der Waals surface area (Å²) in [6, 6.07) is 20.1. The van der Waals surface area contributed by atoms with Gasteiger partial charge in [0.2, 0.25) is 5.76 Å². The van der Waals surface area contributed by atoms with Gasteiger partial charge in [-0.1, -0.05) is 24.3 Å². The first-order valence-electron chi connectivity index (χ1n) is 9.01. The minimum atomic E-state index is -0.543.